The summed E-state index contributed by atoms with van der Waals surface area (Å²) in [6, 6.07) is 14.2. The van der Waals surface area contributed by atoms with Crippen molar-refractivity contribution in [2.24, 2.45) is 5.92 Å². The molecule has 0 bridgehead atoms. The fourth-order valence-electron chi connectivity index (χ4n) is 3.69. The highest BCUT2D eigenvalue weighted by Crippen LogP contribution is 2.29. The number of nitrogens with one attached hydrogen (secondary N) is 1. The Morgan fingerprint density at radius 1 is 1.11 bits per heavy atom. The third-order valence-electron chi connectivity index (χ3n) is 5.24. The topological polar surface area (TPSA) is 63.1 Å². The minimum atomic E-state index is -0.0140. The van der Waals surface area contributed by atoms with Gasteiger partial charge in [0.2, 0.25) is 16.2 Å². The van der Waals surface area contributed by atoms with E-state index in [4.69, 9.17) is 0 Å². The van der Waals surface area contributed by atoms with Gasteiger partial charge in [-0.2, -0.15) is 0 Å². The number of aromatic nitrogens is 3. The largest absolute Gasteiger partial charge is 0.352 e. The van der Waals surface area contributed by atoms with Crippen LogP contribution in [0.15, 0.2) is 42.5 Å². The third-order valence-corrected chi connectivity index (χ3v) is 6.21. The number of rotatable bonds is 5. The molecule has 6 nitrogen and oxygen atoms in total. The van der Waals surface area contributed by atoms with Gasteiger partial charge < -0.3 is 10.2 Å². The molecule has 1 aromatic carbocycles. The molecule has 1 atom stereocenters. The molecule has 0 aliphatic carbocycles. The van der Waals surface area contributed by atoms with Crippen LogP contribution in [0.4, 0.5) is 5.13 Å². The smallest absolute Gasteiger partial charge is 0.225 e. The molecule has 0 radical (unpaired) electrons. The van der Waals surface area contributed by atoms with Crippen molar-refractivity contribution >= 4 is 22.4 Å². The van der Waals surface area contributed by atoms with E-state index >= 15 is 0 Å². The van der Waals surface area contributed by atoms with Gasteiger partial charge in [-0.05, 0) is 44.4 Å². The van der Waals surface area contributed by atoms with Gasteiger partial charge in [-0.25, -0.2) is 0 Å². The second kappa shape index (κ2) is 8.14. The average molecular weight is 396 g/mol. The summed E-state index contributed by atoms with van der Waals surface area (Å²) in [5.41, 5.74) is 3.42. The Balaban J connectivity index is 1.41. The summed E-state index contributed by atoms with van der Waals surface area (Å²) in [6.07, 6.45) is 1.90. The summed E-state index contributed by atoms with van der Waals surface area (Å²) >= 11 is 1.58. The number of benzene rings is 1. The van der Waals surface area contributed by atoms with Gasteiger partial charge in [0.05, 0.1) is 5.92 Å². The zero-order chi connectivity index (χ0) is 19.5. The van der Waals surface area contributed by atoms with Gasteiger partial charge in [-0.3, -0.25) is 9.36 Å². The van der Waals surface area contributed by atoms with E-state index in [1.54, 1.807) is 11.3 Å². The van der Waals surface area contributed by atoms with Crippen LogP contribution in [0, 0.1) is 19.8 Å². The number of piperidine rings is 1. The van der Waals surface area contributed by atoms with E-state index in [2.05, 4.69) is 51.0 Å². The van der Waals surface area contributed by atoms with Gasteiger partial charge in [0.1, 0.15) is 0 Å². The number of carbonyl (C=O) groups excluding carboxylic acids is 1. The van der Waals surface area contributed by atoms with Crippen molar-refractivity contribution in [2.45, 2.75) is 33.2 Å². The molecule has 1 amide bonds. The molecule has 1 fully saturated rings. The van der Waals surface area contributed by atoms with Gasteiger partial charge in [0.25, 0.3) is 0 Å². The number of anilines is 1. The molecule has 0 spiro atoms. The van der Waals surface area contributed by atoms with Crippen LogP contribution in [0.1, 0.15) is 29.8 Å². The van der Waals surface area contributed by atoms with Gasteiger partial charge >= 0.3 is 0 Å². The Hall–Kier alpha value is -2.67. The van der Waals surface area contributed by atoms with Gasteiger partial charge in [-0.15, -0.1) is 10.2 Å². The van der Waals surface area contributed by atoms with Crippen molar-refractivity contribution in [3.05, 3.63) is 59.4 Å². The Morgan fingerprint density at radius 3 is 2.57 bits per heavy atom. The fraction of sp³-hybridized carbons (Fsp3) is 0.381. The van der Waals surface area contributed by atoms with Crippen LogP contribution in [0.5, 0.6) is 0 Å². The first kappa shape index (κ1) is 18.7. The zero-order valence-corrected chi connectivity index (χ0v) is 17.1. The molecule has 1 aliphatic heterocycles. The lowest BCUT2D eigenvalue weighted by Crippen LogP contribution is -2.43. The minimum Gasteiger partial charge on any atom is -0.352 e. The van der Waals surface area contributed by atoms with Crippen LogP contribution < -0.4 is 10.2 Å². The molecule has 4 rings (SSSR count). The average Bonchev–Trinajstić information content (AvgIpc) is 3.33. The molecule has 3 aromatic rings. The first-order valence-electron chi connectivity index (χ1n) is 9.67. The molecular formula is C21H25N5OS. The van der Waals surface area contributed by atoms with E-state index in [0.717, 1.165) is 46.6 Å². The standard InChI is InChI=1S/C21H25N5OS/c1-15-10-11-16(2)26(15)21-24-23-20(28-21)25-12-6-9-18(14-25)19(27)22-13-17-7-4-3-5-8-17/h3-5,7-8,10-11,18H,6,9,12-14H2,1-2H3,(H,22,27)/t18-/m0/s1. The van der Waals surface area contributed by atoms with Gasteiger partial charge in [0, 0.05) is 31.0 Å². The van der Waals surface area contributed by atoms with Crippen molar-refractivity contribution < 1.29 is 4.79 Å². The normalized spacial score (nSPS) is 16.9. The first-order chi connectivity index (χ1) is 13.6. The lowest BCUT2D eigenvalue weighted by molar-refractivity contribution is -0.125. The molecule has 1 saturated heterocycles. The minimum absolute atomic E-state index is 0.0140. The second-order valence-corrected chi connectivity index (χ2v) is 8.24. The van der Waals surface area contributed by atoms with Crippen LogP contribution in [0.25, 0.3) is 5.13 Å². The van der Waals surface area contributed by atoms with Gasteiger partial charge in [0.15, 0.2) is 0 Å². The molecule has 1 N–H and O–H groups in total. The Labute approximate surface area is 169 Å². The summed E-state index contributed by atoms with van der Waals surface area (Å²) in [5, 5.41) is 13.7. The summed E-state index contributed by atoms with van der Waals surface area (Å²) in [5.74, 6) is 0.107. The van der Waals surface area contributed by atoms with E-state index in [9.17, 15) is 4.79 Å². The maximum Gasteiger partial charge on any atom is 0.225 e. The molecule has 28 heavy (non-hydrogen) atoms. The van der Waals surface area contributed by atoms with Crippen molar-refractivity contribution in [2.75, 3.05) is 18.0 Å². The van der Waals surface area contributed by atoms with Crippen molar-refractivity contribution in [1.29, 1.82) is 0 Å². The molecule has 0 saturated carbocycles. The number of nitrogens with zero attached hydrogens (tertiary/aromatic N) is 4. The number of aryl methyl sites for hydroxylation is 2. The van der Waals surface area contributed by atoms with Crippen LogP contribution >= 0.6 is 11.3 Å². The fourth-order valence-corrected chi connectivity index (χ4v) is 4.69. The Morgan fingerprint density at radius 2 is 1.82 bits per heavy atom. The van der Waals surface area contributed by atoms with Crippen molar-refractivity contribution in [3.8, 4) is 5.13 Å². The highest BCUT2D eigenvalue weighted by molar-refractivity contribution is 7.17. The van der Waals surface area contributed by atoms with E-state index < -0.39 is 0 Å². The Bertz CT molecular complexity index is 929. The molecule has 1 aliphatic rings. The Kier molecular flexibility index (Phi) is 5.43. The predicted octanol–water partition coefficient (Wildman–Crippen LogP) is 3.48. The lowest BCUT2D eigenvalue weighted by atomic mass is 9.97. The number of carbonyl (C=O) groups is 1. The van der Waals surface area contributed by atoms with Crippen LogP contribution in [0.2, 0.25) is 0 Å². The van der Waals surface area contributed by atoms with Crippen molar-refractivity contribution in [1.82, 2.24) is 20.1 Å². The highest BCUT2D eigenvalue weighted by Gasteiger charge is 2.27. The number of hydrogen-bond donors (Lipinski definition) is 1. The predicted molar refractivity (Wildman–Crippen MR) is 112 cm³/mol. The molecule has 146 valence electrons. The summed E-state index contributed by atoms with van der Waals surface area (Å²) in [4.78, 5) is 14.9. The lowest BCUT2D eigenvalue weighted by Gasteiger charge is -2.31. The van der Waals surface area contributed by atoms with E-state index in [1.807, 2.05) is 30.3 Å². The quantitative estimate of drug-likeness (QED) is 0.718. The molecule has 7 heteroatoms. The maximum absolute atomic E-state index is 12.7. The first-order valence-corrected chi connectivity index (χ1v) is 10.5. The van der Waals surface area contributed by atoms with Crippen LogP contribution in [-0.2, 0) is 11.3 Å². The second-order valence-electron chi connectivity index (χ2n) is 7.31. The zero-order valence-electron chi connectivity index (χ0n) is 16.3. The number of amides is 1. The summed E-state index contributed by atoms with van der Waals surface area (Å²) < 4.78 is 2.12. The van der Waals surface area contributed by atoms with Crippen molar-refractivity contribution in [3.63, 3.8) is 0 Å². The molecular weight excluding hydrogens is 370 g/mol. The molecule has 3 heterocycles. The summed E-state index contributed by atoms with van der Waals surface area (Å²) in [6.45, 7) is 6.33. The third kappa shape index (κ3) is 3.94. The SMILES string of the molecule is Cc1ccc(C)n1-c1nnc(N2CCC[C@H](C(=O)NCc3ccccc3)C2)s1. The van der Waals surface area contributed by atoms with Gasteiger partial charge in [-0.1, -0.05) is 41.7 Å². The van der Waals surface area contributed by atoms with Crippen LogP contribution in [0.3, 0.4) is 0 Å². The van der Waals surface area contributed by atoms with E-state index in [0.29, 0.717) is 13.1 Å². The molecule has 0 unspecified atom stereocenters. The maximum atomic E-state index is 12.7. The molecule has 2 aromatic heterocycles. The number of hydrogen-bond acceptors (Lipinski definition) is 5. The van der Waals surface area contributed by atoms with Crippen LogP contribution in [-0.4, -0.2) is 33.8 Å². The van der Waals surface area contributed by atoms with E-state index in [-0.39, 0.29) is 11.8 Å². The van der Waals surface area contributed by atoms with E-state index in [1.165, 1.54) is 0 Å². The summed E-state index contributed by atoms with van der Waals surface area (Å²) in [7, 11) is 0. The highest BCUT2D eigenvalue weighted by atomic mass is 32.1. The monoisotopic (exact) mass is 395 g/mol.